The molecule has 0 saturated heterocycles. The van der Waals surface area contributed by atoms with Crippen molar-refractivity contribution in [1.82, 2.24) is 5.32 Å². The maximum Gasteiger partial charge on any atom is 0.244 e. The van der Waals surface area contributed by atoms with Gasteiger partial charge >= 0.3 is 0 Å². The predicted molar refractivity (Wildman–Crippen MR) is 131 cm³/mol. The minimum absolute atomic E-state index is 0.0722. The van der Waals surface area contributed by atoms with Gasteiger partial charge in [0, 0.05) is 0 Å². The lowest BCUT2D eigenvalue weighted by Crippen LogP contribution is -2.50. The molecule has 0 radical (unpaired) electrons. The number of benzene rings is 2. The first kappa shape index (κ1) is 25.7. The maximum atomic E-state index is 12.9. The summed E-state index contributed by atoms with van der Waals surface area (Å²) in [5, 5.41) is 2.83. The number of nitrogens with one attached hydrogen (secondary N) is 1. The van der Waals surface area contributed by atoms with Gasteiger partial charge in [-0.3, -0.25) is 9.10 Å². The lowest BCUT2D eigenvalue weighted by atomic mass is 9.87. The van der Waals surface area contributed by atoms with E-state index in [1.54, 1.807) is 13.0 Å². The average molecular weight is 461 g/mol. The van der Waals surface area contributed by atoms with E-state index in [4.69, 9.17) is 4.74 Å². The molecule has 2 aromatic rings. The first-order chi connectivity index (χ1) is 14.8. The molecule has 32 heavy (non-hydrogen) atoms. The van der Waals surface area contributed by atoms with Crippen molar-refractivity contribution in [3.63, 3.8) is 0 Å². The molecule has 0 aliphatic heterocycles. The molecule has 7 heteroatoms. The van der Waals surface area contributed by atoms with E-state index in [-0.39, 0.29) is 17.9 Å². The van der Waals surface area contributed by atoms with Crippen LogP contribution < -0.4 is 14.4 Å². The fourth-order valence-corrected chi connectivity index (χ4v) is 4.77. The molecule has 2 rings (SSSR count). The van der Waals surface area contributed by atoms with Gasteiger partial charge in [-0.1, -0.05) is 52.0 Å². The maximum absolute atomic E-state index is 12.9. The Labute approximate surface area is 193 Å². The normalized spacial score (nSPS) is 12.8. The predicted octanol–water partition coefficient (Wildman–Crippen LogP) is 4.34. The van der Waals surface area contributed by atoms with Crippen molar-refractivity contribution in [3.8, 4) is 5.75 Å². The smallest absolute Gasteiger partial charge is 0.244 e. The minimum Gasteiger partial charge on any atom is -0.492 e. The van der Waals surface area contributed by atoms with Crippen molar-refractivity contribution >= 4 is 21.6 Å². The highest BCUT2D eigenvalue weighted by molar-refractivity contribution is 7.92. The van der Waals surface area contributed by atoms with E-state index in [0.717, 1.165) is 23.1 Å². The molecule has 1 N–H and O–H groups in total. The molecule has 0 unspecified atom stereocenters. The Morgan fingerprint density at radius 1 is 1.09 bits per heavy atom. The number of carbonyl (C=O) groups excluding carboxylic acids is 1. The molecule has 1 atom stereocenters. The largest absolute Gasteiger partial charge is 0.492 e. The molecule has 0 saturated carbocycles. The van der Waals surface area contributed by atoms with Gasteiger partial charge in [0.25, 0.3) is 0 Å². The summed E-state index contributed by atoms with van der Waals surface area (Å²) in [6, 6.07) is 12.7. The van der Waals surface area contributed by atoms with Crippen molar-refractivity contribution < 1.29 is 17.9 Å². The molecule has 1 amide bonds. The van der Waals surface area contributed by atoms with Gasteiger partial charge in [-0.05, 0) is 60.6 Å². The second-order valence-electron chi connectivity index (χ2n) is 9.19. The number of rotatable bonds is 9. The fourth-order valence-electron chi connectivity index (χ4n) is 3.50. The van der Waals surface area contributed by atoms with Crippen molar-refractivity contribution in [1.29, 1.82) is 0 Å². The van der Waals surface area contributed by atoms with Crippen LogP contribution >= 0.6 is 0 Å². The molecule has 0 heterocycles. The second-order valence-corrected chi connectivity index (χ2v) is 11.0. The first-order valence-corrected chi connectivity index (χ1v) is 12.8. The van der Waals surface area contributed by atoms with Gasteiger partial charge in [0.1, 0.15) is 18.4 Å². The van der Waals surface area contributed by atoms with Gasteiger partial charge in [0.15, 0.2) is 0 Å². The van der Waals surface area contributed by atoms with Crippen LogP contribution in [0.25, 0.3) is 0 Å². The van der Waals surface area contributed by atoms with E-state index in [1.807, 2.05) is 50.2 Å². The monoisotopic (exact) mass is 460 g/mol. The summed E-state index contributed by atoms with van der Waals surface area (Å²) in [7, 11) is -3.66. The van der Waals surface area contributed by atoms with Gasteiger partial charge < -0.3 is 10.1 Å². The summed E-state index contributed by atoms with van der Waals surface area (Å²) >= 11 is 0. The van der Waals surface area contributed by atoms with Crippen LogP contribution in [-0.2, 0) is 20.2 Å². The van der Waals surface area contributed by atoms with Crippen molar-refractivity contribution in [3.05, 3.63) is 59.2 Å². The van der Waals surface area contributed by atoms with Crippen molar-refractivity contribution in [2.75, 3.05) is 23.7 Å². The Morgan fingerprint density at radius 3 is 2.25 bits per heavy atom. The van der Waals surface area contributed by atoms with E-state index in [0.29, 0.717) is 18.7 Å². The lowest BCUT2D eigenvalue weighted by molar-refractivity contribution is -0.122. The van der Waals surface area contributed by atoms with Crippen LogP contribution in [0.3, 0.4) is 0 Å². The van der Waals surface area contributed by atoms with E-state index < -0.39 is 16.1 Å². The summed E-state index contributed by atoms with van der Waals surface area (Å²) in [6.45, 7) is 12.6. The Morgan fingerprint density at radius 2 is 1.72 bits per heavy atom. The molecule has 0 spiro atoms. The van der Waals surface area contributed by atoms with Crippen molar-refractivity contribution in [2.24, 2.45) is 0 Å². The van der Waals surface area contributed by atoms with Crippen LogP contribution in [-0.4, -0.2) is 39.8 Å². The minimum atomic E-state index is -3.66. The third-order valence-electron chi connectivity index (χ3n) is 5.32. The molecule has 0 aliphatic carbocycles. The number of anilines is 1. The van der Waals surface area contributed by atoms with E-state index in [9.17, 15) is 13.2 Å². The summed E-state index contributed by atoms with van der Waals surface area (Å²) in [5.41, 5.74) is 3.55. The zero-order valence-corrected chi connectivity index (χ0v) is 21.0. The van der Waals surface area contributed by atoms with Crippen molar-refractivity contribution in [2.45, 2.75) is 59.4 Å². The van der Waals surface area contributed by atoms with Gasteiger partial charge in [0.2, 0.25) is 15.9 Å². The summed E-state index contributed by atoms with van der Waals surface area (Å²) in [5.74, 6) is 0.387. The summed E-state index contributed by atoms with van der Waals surface area (Å²) in [4.78, 5) is 12.9. The van der Waals surface area contributed by atoms with Crippen LogP contribution in [0.4, 0.5) is 5.69 Å². The van der Waals surface area contributed by atoms with E-state index in [2.05, 4.69) is 26.1 Å². The molecule has 176 valence electrons. The first-order valence-electron chi connectivity index (χ1n) is 10.9. The number of ether oxygens (including phenoxy) is 1. The van der Waals surface area contributed by atoms with Crippen LogP contribution in [0, 0.1) is 13.8 Å². The Bertz CT molecular complexity index is 1020. The highest BCUT2D eigenvalue weighted by Gasteiger charge is 2.32. The third kappa shape index (κ3) is 6.73. The van der Waals surface area contributed by atoms with Gasteiger partial charge in [-0.2, -0.15) is 0 Å². The van der Waals surface area contributed by atoms with Gasteiger partial charge in [-0.25, -0.2) is 8.42 Å². The number of hydrogen-bond donors (Lipinski definition) is 1. The highest BCUT2D eigenvalue weighted by Crippen LogP contribution is 2.27. The fraction of sp³-hybridized carbons (Fsp3) is 0.480. The number of carbonyl (C=O) groups is 1. The molecule has 0 fully saturated rings. The summed E-state index contributed by atoms with van der Waals surface area (Å²) < 4.78 is 32.2. The van der Waals surface area contributed by atoms with Crippen LogP contribution in [0.15, 0.2) is 42.5 Å². The van der Waals surface area contributed by atoms with Crippen LogP contribution in [0.1, 0.15) is 50.8 Å². The average Bonchev–Trinajstić information content (AvgIpc) is 2.70. The zero-order chi connectivity index (χ0) is 24.1. The number of sulfonamides is 1. The van der Waals surface area contributed by atoms with E-state index >= 15 is 0 Å². The Kier molecular flexibility index (Phi) is 8.35. The molecule has 6 nitrogen and oxygen atoms in total. The van der Waals surface area contributed by atoms with Crippen LogP contribution in [0.5, 0.6) is 5.75 Å². The Hall–Kier alpha value is -2.54. The third-order valence-corrected chi connectivity index (χ3v) is 6.49. The van der Waals surface area contributed by atoms with Crippen LogP contribution in [0.2, 0.25) is 0 Å². The number of aryl methyl sites for hydroxylation is 2. The molecule has 0 aromatic heterocycles. The molecular weight excluding hydrogens is 424 g/mol. The number of amides is 1. The lowest BCUT2D eigenvalue weighted by Gasteiger charge is -2.31. The van der Waals surface area contributed by atoms with Gasteiger partial charge in [-0.15, -0.1) is 0 Å². The number of nitrogens with zero attached hydrogens (tertiary/aromatic N) is 1. The number of hydrogen-bond acceptors (Lipinski definition) is 4. The molecular formula is C25H36N2O4S. The molecule has 0 bridgehead atoms. The highest BCUT2D eigenvalue weighted by atomic mass is 32.2. The SMILES string of the molecule is CC[C@H](C(=O)NCCOc1ccc(C(C)(C)C)cc1)N(c1cc(C)ccc1C)S(C)(=O)=O. The summed E-state index contributed by atoms with van der Waals surface area (Å²) in [6.07, 6.45) is 1.48. The molecule has 0 aliphatic rings. The Balaban J connectivity index is 2.05. The second kappa shape index (κ2) is 10.4. The zero-order valence-electron chi connectivity index (χ0n) is 20.2. The topological polar surface area (TPSA) is 75.7 Å². The van der Waals surface area contributed by atoms with E-state index in [1.165, 1.54) is 9.87 Å². The standard InChI is InChI=1S/C25H36N2O4S/c1-8-22(27(32(7,29)30)23-17-18(2)9-10-19(23)3)24(28)26-15-16-31-21-13-11-20(12-14-21)25(4,5)6/h9-14,17,22H,8,15-16H2,1-7H3,(H,26,28)/t22-/m1/s1. The van der Waals surface area contributed by atoms with Gasteiger partial charge in [0.05, 0.1) is 18.5 Å². The molecule has 2 aromatic carbocycles. The quantitative estimate of drug-likeness (QED) is 0.565.